The van der Waals surface area contributed by atoms with Gasteiger partial charge in [-0.25, -0.2) is 9.78 Å². The van der Waals surface area contributed by atoms with Gasteiger partial charge in [0.05, 0.1) is 0 Å². The number of nitrogens with zero attached hydrogens (tertiary/aromatic N) is 2. The molecule has 0 saturated heterocycles. The van der Waals surface area contributed by atoms with E-state index in [2.05, 4.69) is 4.98 Å². The van der Waals surface area contributed by atoms with E-state index in [9.17, 15) is 4.79 Å². The highest BCUT2D eigenvalue weighted by atomic mass is 16.4. The molecule has 2 rings (SSSR count). The summed E-state index contributed by atoms with van der Waals surface area (Å²) in [6, 6.07) is 7.59. The lowest BCUT2D eigenvalue weighted by Crippen LogP contribution is -1.94. The van der Waals surface area contributed by atoms with Gasteiger partial charge in [0.15, 0.2) is 0 Å². The summed E-state index contributed by atoms with van der Waals surface area (Å²) in [6.07, 6.45) is 6.31. The highest BCUT2D eigenvalue weighted by Crippen LogP contribution is 2.12. The van der Waals surface area contributed by atoms with Crippen LogP contribution in [0.5, 0.6) is 0 Å². The first kappa shape index (κ1) is 11.1. The number of carbonyl (C=O) groups is 1. The number of carboxylic acid groups (broad SMARTS) is 1. The highest BCUT2D eigenvalue weighted by molar-refractivity contribution is 5.85. The van der Waals surface area contributed by atoms with Gasteiger partial charge < -0.3 is 9.67 Å². The van der Waals surface area contributed by atoms with Crippen molar-refractivity contribution in [2.75, 3.05) is 0 Å². The van der Waals surface area contributed by atoms with Gasteiger partial charge in [-0.3, -0.25) is 0 Å². The number of hydrogen-bond donors (Lipinski definition) is 1. The van der Waals surface area contributed by atoms with Crippen LogP contribution in [0.15, 0.2) is 42.7 Å². The Balaban J connectivity index is 2.25. The second-order valence-electron chi connectivity index (χ2n) is 3.61. The first-order valence-corrected chi connectivity index (χ1v) is 5.18. The minimum Gasteiger partial charge on any atom is -0.478 e. The van der Waals surface area contributed by atoms with E-state index in [4.69, 9.17) is 5.11 Å². The van der Waals surface area contributed by atoms with E-state index in [1.54, 1.807) is 12.3 Å². The van der Waals surface area contributed by atoms with E-state index in [1.165, 1.54) is 0 Å². The van der Waals surface area contributed by atoms with Gasteiger partial charge in [-0.05, 0) is 30.7 Å². The number of aromatic nitrogens is 2. The van der Waals surface area contributed by atoms with Crippen molar-refractivity contribution in [3.05, 3.63) is 54.1 Å². The standard InChI is InChI=1S/C13H12N2O2/c1-10-14-8-9-15(10)12-5-2-11(3-6-12)4-7-13(16)17/h2-9H,1H3,(H,16,17)/b7-4+. The summed E-state index contributed by atoms with van der Waals surface area (Å²) in [5, 5.41) is 8.52. The molecule has 2 aromatic rings. The lowest BCUT2D eigenvalue weighted by Gasteiger charge is -2.04. The highest BCUT2D eigenvalue weighted by Gasteiger charge is 1.99. The Kier molecular flexibility index (Phi) is 3.05. The van der Waals surface area contributed by atoms with Crippen molar-refractivity contribution >= 4 is 12.0 Å². The quantitative estimate of drug-likeness (QED) is 0.820. The van der Waals surface area contributed by atoms with Crippen molar-refractivity contribution in [3.8, 4) is 5.69 Å². The van der Waals surface area contributed by atoms with Crippen LogP contribution in [-0.2, 0) is 4.79 Å². The van der Waals surface area contributed by atoms with Crippen LogP contribution >= 0.6 is 0 Å². The molecule has 4 heteroatoms. The van der Waals surface area contributed by atoms with Crippen LogP contribution in [0.2, 0.25) is 0 Å². The van der Waals surface area contributed by atoms with Crippen molar-refractivity contribution in [1.29, 1.82) is 0 Å². The monoisotopic (exact) mass is 228 g/mol. The summed E-state index contributed by atoms with van der Waals surface area (Å²) < 4.78 is 1.96. The molecule has 0 aliphatic rings. The summed E-state index contributed by atoms with van der Waals surface area (Å²) in [4.78, 5) is 14.5. The zero-order valence-corrected chi connectivity index (χ0v) is 9.37. The average molecular weight is 228 g/mol. The van der Waals surface area contributed by atoms with Crippen LogP contribution in [0.25, 0.3) is 11.8 Å². The molecular weight excluding hydrogens is 216 g/mol. The summed E-state index contributed by atoms with van der Waals surface area (Å²) in [6.45, 7) is 1.93. The number of benzene rings is 1. The third-order valence-electron chi connectivity index (χ3n) is 2.42. The molecule has 0 amide bonds. The zero-order valence-electron chi connectivity index (χ0n) is 9.37. The van der Waals surface area contributed by atoms with Crippen LogP contribution in [0.1, 0.15) is 11.4 Å². The van der Waals surface area contributed by atoms with Gasteiger partial charge in [-0.1, -0.05) is 12.1 Å². The van der Waals surface area contributed by atoms with Crippen LogP contribution < -0.4 is 0 Å². The van der Waals surface area contributed by atoms with Crippen LogP contribution in [-0.4, -0.2) is 20.6 Å². The molecule has 0 radical (unpaired) electrons. The Morgan fingerprint density at radius 3 is 2.59 bits per heavy atom. The molecule has 0 spiro atoms. The number of aliphatic carboxylic acids is 1. The molecule has 0 aliphatic heterocycles. The van der Waals surface area contributed by atoms with Crippen molar-refractivity contribution in [1.82, 2.24) is 9.55 Å². The number of imidazole rings is 1. The Labute approximate surface area is 98.9 Å². The maximum Gasteiger partial charge on any atom is 0.328 e. The minimum atomic E-state index is -0.945. The van der Waals surface area contributed by atoms with E-state index in [0.29, 0.717) is 0 Å². The molecule has 17 heavy (non-hydrogen) atoms. The summed E-state index contributed by atoms with van der Waals surface area (Å²) in [5.41, 5.74) is 1.86. The van der Waals surface area contributed by atoms with Gasteiger partial charge in [0, 0.05) is 24.2 Å². The molecule has 0 unspecified atom stereocenters. The lowest BCUT2D eigenvalue weighted by molar-refractivity contribution is -0.131. The molecule has 1 aromatic heterocycles. The Morgan fingerprint density at radius 2 is 2.06 bits per heavy atom. The Hall–Kier alpha value is -2.36. The maximum absolute atomic E-state index is 10.4. The molecular formula is C13H12N2O2. The number of carboxylic acids is 1. The average Bonchev–Trinajstić information content (AvgIpc) is 2.73. The fourth-order valence-corrected chi connectivity index (χ4v) is 1.56. The van der Waals surface area contributed by atoms with Gasteiger partial charge in [0.2, 0.25) is 0 Å². The molecule has 1 aromatic carbocycles. The molecule has 1 heterocycles. The molecule has 86 valence electrons. The lowest BCUT2D eigenvalue weighted by atomic mass is 10.2. The smallest absolute Gasteiger partial charge is 0.328 e. The zero-order chi connectivity index (χ0) is 12.3. The normalized spacial score (nSPS) is 10.9. The first-order valence-electron chi connectivity index (χ1n) is 5.18. The number of rotatable bonds is 3. The predicted molar refractivity (Wildman–Crippen MR) is 65.0 cm³/mol. The van der Waals surface area contributed by atoms with Crippen LogP contribution in [0, 0.1) is 6.92 Å². The maximum atomic E-state index is 10.4. The third-order valence-corrected chi connectivity index (χ3v) is 2.42. The largest absolute Gasteiger partial charge is 0.478 e. The Morgan fingerprint density at radius 1 is 1.35 bits per heavy atom. The van der Waals surface area contributed by atoms with E-state index in [1.807, 2.05) is 42.0 Å². The van der Waals surface area contributed by atoms with Crippen molar-refractivity contribution in [3.63, 3.8) is 0 Å². The van der Waals surface area contributed by atoms with E-state index < -0.39 is 5.97 Å². The summed E-state index contributed by atoms with van der Waals surface area (Å²) in [5.74, 6) is -0.0293. The molecule has 0 bridgehead atoms. The van der Waals surface area contributed by atoms with Crippen molar-refractivity contribution in [2.45, 2.75) is 6.92 Å². The van der Waals surface area contributed by atoms with Gasteiger partial charge in [-0.15, -0.1) is 0 Å². The van der Waals surface area contributed by atoms with E-state index >= 15 is 0 Å². The predicted octanol–water partition coefficient (Wildman–Crippen LogP) is 2.28. The second kappa shape index (κ2) is 4.65. The van der Waals surface area contributed by atoms with E-state index in [-0.39, 0.29) is 0 Å². The summed E-state index contributed by atoms with van der Waals surface area (Å²) in [7, 11) is 0. The van der Waals surface area contributed by atoms with Gasteiger partial charge in [0.1, 0.15) is 5.82 Å². The second-order valence-corrected chi connectivity index (χ2v) is 3.61. The van der Waals surface area contributed by atoms with Gasteiger partial charge >= 0.3 is 5.97 Å². The van der Waals surface area contributed by atoms with Crippen LogP contribution in [0.3, 0.4) is 0 Å². The molecule has 0 aliphatic carbocycles. The van der Waals surface area contributed by atoms with E-state index in [0.717, 1.165) is 23.2 Å². The van der Waals surface area contributed by atoms with Gasteiger partial charge in [-0.2, -0.15) is 0 Å². The minimum absolute atomic E-state index is 0.855. The topological polar surface area (TPSA) is 55.1 Å². The first-order chi connectivity index (χ1) is 8.16. The number of aryl methyl sites for hydroxylation is 1. The molecule has 0 saturated carbocycles. The van der Waals surface area contributed by atoms with Crippen molar-refractivity contribution < 1.29 is 9.90 Å². The van der Waals surface area contributed by atoms with Crippen molar-refractivity contribution in [2.24, 2.45) is 0 Å². The molecule has 0 atom stereocenters. The molecule has 1 N–H and O–H groups in total. The molecule has 4 nitrogen and oxygen atoms in total. The van der Waals surface area contributed by atoms with Gasteiger partial charge in [0.25, 0.3) is 0 Å². The third kappa shape index (κ3) is 2.60. The molecule has 0 fully saturated rings. The SMILES string of the molecule is Cc1nccn1-c1ccc(/C=C/C(=O)O)cc1. The fraction of sp³-hybridized carbons (Fsp3) is 0.0769. The van der Waals surface area contributed by atoms with Crippen LogP contribution in [0.4, 0.5) is 0 Å². The summed E-state index contributed by atoms with van der Waals surface area (Å²) >= 11 is 0. The fourth-order valence-electron chi connectivity index (χ4n) is 1.56. The number of hydrogen-bond acceptors (Lipinski definition) is 2. The Bertz CT molecular complexity index is 553.